The summed E-state index contributed by atoms with van der Waals surface area (Å²) in [5.41, 5.74) is -0.527. The molecule has 1 atom stereocenters. The van der Waals surface area contributed by atoms with Crippen LogP contribution in [0.1, 0.15) is 40.5 Å². The van der Waals surface area contributed by atoms with Gasteiger partial charge in [0, 0.05) is 19.0 Å². The number of carbonyl (C=O) groups is 3. The van der Waals surface area contributed by atoms with E-state index in [4.69, 9.17) is 4.74 Å². The van der Waals surface area contributed by atoms with Crippen LogP contribution in [0.4, 0.5) is 4.79 Å². The first-order valence-corrected chi connectivity index (χ1v) is 7.50. The van der Waals surface area contributed by atoms with Gasteiger partial charge in [0.15, 0.2) is 0 Å². The van der Waals surface area contributed by atoms with E-state index >= 15 is 0 Å². The van der Waals surface area contributed by atoms with Gasteiger partial charge in [0.1, 0.15) is 11.6 Å². The smallest absolute Gasteiger partial charge is 0.410 e. The number of carbonyl (C=O) groups excluding carboxylic acids is 3. The first-order valence-electron chi connectivity index (χ1n) is 7.50. The van der Waals surface area contributed by atoms with Gasteiger partial charge in [-0.25, -0.2) is 9.59 Å². The number of piperidine rings is 1. The van der Waals surface area contributed by atoms with Crippen molar-refractivity contribution in [1.29, 1.82) is 0 Å². The molecule has 1 N–H and O–H groups in total. The number of amides is 2. The lowest BCUT2D eigenvalue weighted by Gasteiger charge is -2.33. The van der Waals surface area contributed by atoms with E-state index in [1.54, 1.807) is 11.8 Å². The predicted molar refractivity (Wildman–Crippen MR) is 80.2 cm³/mol. The number of hydrogen-bond acceptors (Lipinski definition) is 5. The topological polar surface area (TPSA) is 84.9 Å². The van der Waals surface area contributed by atoms with Gasteiger partial charge < -0.3 is 19.7 Å². The van der Waals surface area contributed by atoms with Crippen molar-refractivity contribution in [2.75, 3.05) is 20.2 Å². The predicted octanol–water partition coefficient (Wildman–Crippen LogP) is 1.31. The summed E-state index contributed by atoms with van der Waals surface area (Å²) in [6.07, 6.45) is 0.757. The Morgan fingerprint density at radius 2 is 1.73 bits per heavy atom. The molecule has 0 aromatic carbocycles. The van der Waals surface area contributed by atoms with Crippen molar-refractivity contribution in [3.05, 3.63) is 0 Å². The van der Waals surface area contributed by atoms with E-state index in [0.717, 1.165) is 0 Å². The molecule has 1 fully saturated rings. The van der Waals surface area contributed by atoms with Gasteiger partial charge in [-0.05, 0) is 40.5 Å². The fourth-order valence-electron chi connectivity index (χ4n) is 2.22. The number of likely N-dealkylation sites (tertiary alicyclic amines) is 1. The fraction of sp³-hybridized carbons (Fsp3) is 0.800. The molecule has 1 saturated heterocycles. The van der Waals surface area contributed by atoms with Crippen LogP contribution in [0.15, 0.2) is 0 Å². The van der Waals surface area contributed by atoms with Crippen LogP contribution in [0, 0.1) is 5.92 Å². The zero-order chi connectivity index (χ0) is 16.9. The van der Waals surface area contributed by atoms with Crippen LogP contribution in [-0.2, 0) is 19.1 Å². The number of nitrogens with zero attached hydrogens (tertiary/aromatic N) is 1. The van der Waals surface area contributed by atoms with Crippen molar-refractivity contribution < 1.29 is 23.9 Å². The van der Waals surface area contributed by atoms with Crippen molar-refractivity contribution >= 4 is 18.0 Å². The summed E-state index contributed by atoms with van der Waals surface area (Å²) < 4.78 is 9.88. The third kappa shape index (κ3) is 5.54. The highest BCUT2D eigenvalue weighted by Gasteiger charge is 2.31. The van der Waals surface area contributed by atoms with Gasteiger partial charge >= 0.3 is 12.1 Å². The molecule has 1 unspecified atom stereocenters. The third-order valence-electron chi connectivity index (χ3n) is 3.43. The van der Waals surface area contributed by atoms with E-state index in [2.05, 4.69) is 10.1 Å². The fourth-order valence-corrected chi connectivity index (χ4v) is 2.22. The Hall–Kier alpha value is -1.79. The molecule has 1 aliphatic rings. The Morgan fingerprint density at radius 1 is 1.18 bits per heavy atom. The number of nitrogens with one attached hydrogen (secondary N) is 1. The molecule has 0 aliphatic carbocycles. The largest absolute Gasteiger partial charge is 0.467 e. The average Bonchev–Trinajstić information content (AvgIpc) is 2.44. The zero-order valence-electron chi connectivity index (χ0n) is 14.0. The van der Waals surface area contributed by atoms with E-state index in [-0.39, 0.29) is 17.9 Å². The molecule has 0 spiro atoms. The van der Waals surface area contributed by atoms with Crippen molar-refractivity contribution in [3.8, 4) is 0 Å². The van der Waals surface area contributed by atoms with E-state index in [0.29, 0.717) is 25.9 Å². The average molecular weight is 314 g/mol. The molecule has 0 saturated carbocycles. The molecule has 1 rings (SSSR count). The maximum absolute atomic E-state index is 12.1. The Labute approximate surface area is 131 Å². The number of esters is 1. The maximum atomic E-state index is 12.1. The van der Waals surface area contributed by atoms with Crippen LogP contribution in [0.5, 0.6) is 0 Å². The standard InChI is InChI=1S/C15H26N2O5/c1-10(13(19)21-5)16-12(18)11-6-8-17(9-7-11)14(20)22-15(2,3)4/h10-11H,6-9H2,1-5H3,(H,16,18). The van der Waals surface area contributed by atoms with Crippen LogP contribution >= 0.6 is 0 Å². The van der Waals surface area contributed by atoms with Gasteiger partial charge in [0.25, 0.3) is 0 Å². The highest BCUT2D eigenvalue weighted by atomic mass is 16.6. The van der Waals surface area contributed by atoms with E-state index in [9.17, 15) is 14.4 Å². The minimum Gasteiger partial charge on any atom is -0.467 e. The molecule has 1 heterocycles. The number of methoxy groups -OCH3 is 1. The number of ether oxygens (including phenoxy) is 2. The van der Waals surface area contributed by atoms with E-state index in [1.807, 2.05) is 20.8 Å². The Kier molecular flexibility index (Phi) is 6.20. The van der Waals surface area contributed by atoms with Gasteiger partial charge in [0.2, 0.25) is 5.91 Å². The lowest BCUT2D eigenvalue weighted by Crippen LogP contribution is -2.47. The van der Waals surface area contributed by atoms with Gasteiger partial charge in [-0.1, -0.05) is 0 Å². The molecule has 0 bridgehead atoms. The van der Waals surface area contributed by atoms with Gasteiger partial charge in [-0.2, -0.15) is 0 Å². The zero-order valence-corrected chi connectivity index (χ0v) is 14.0. The third-order valence-corrected chi connectivity index (χ3v) is 3.43. The molecule has 126 valence electrons. The van der Waals surface area contributed by atoms with Gasteiger partial charge in [-0.15, -0.1) is 0 Å². The van der Waals surface area contributed by atoms with Crippen LogP contribution in [0.25, 0.3) is 0 Å². The first kappa shape index (κ1) is 18.3. The van der Waals surface area contributed by atoms with Crippen molar-refractivity contribution in [2.45, 2.75) is 52.2 Å². The Morgan fingerprint density at radius 3 is 2.18 bits per heavy atom. The molecule has 7 nitrogen and oxygen atoms in total. The summed E-state index contributed by atoms with van der Waals surface area (Å²) >= 11 is 0. The molecule has 7 heteroatoms. The molecule has 2 amide bonds. The monoisotopic (exact) mass is 314 g/mol. The lowest BCUT2D eigenvalue weighted by atomic mass is 9.96. The second-order valence-corrected chi connectivity index (χ2v) is 6.50. The molecule has 0 aromatic rings. The molecule has 1 aliphatic heterocycles. The molecular weight excluding hydrogens is 288 g/mol. The number of hydrogen-bond donors (Lipinski definition) is 1. The summed E-state index contributed by atoms with van der Waals surface area (Å²) in [6, 6.07) is -0.665. The summed E-state index contributed by atoms with van der Waals surface area (Å²) in [4.78, 5) is 36.9. The minimum atomic E-state index is -0.665. The normalized spacial score (nSPS) is 17.6. The number of rotatable bonds is 3. The molecule has 22 heavy (non-hydrogen) atoms. The summed E-state index contributed by atoms with van der Waals surface area (Å²) in [6.45, 7) is 7.98. The van der Waals surface area contributed by atoms with Crippen LogP contribution in [0.2, 0.25) is 0 Å². The second kappa shape index (κ2) is 7.47. The molecular formula is C15H26N2O5. The van der Waals surface area contributed by atoms with E-state index in [1.165, 1.54) is 7.11 Å². The summed E-state index contributed by atoms with van der Waals surface area (Å²) in [5, 5.41) is 2.63. The summed E-state index contributed by atoms with van der Waals surface area (Å²) in [5.74, 6) is -0.855. The van der Waals surface area contributed by atoms with Crippen LogP contribution in [0.3, 0.4) is 0 Å². The Bertz CT molecular complexity index is 422. The SMILES string of the molecule is COC(=O)C(C)NC(=O)C1CCN(C(=O)OC(C)(C)C)CC1. The highest BCUT2D eigenvalue weighted by molar-refractivity contribution is 5.85. The van der Waals surface area contributed by atoms with Crippen molar-refractivity contribution in [1.82, 2.24) is 10.2 Å². The molecule has 0 aromatic heterocycles. The molecule has 0 radical (unpaired) electrons. The van der Waals surface area contributed by atoms with E-state index < -0.39 is 17.6 Å². The first-order chi connectivity index (χ1) is 10.1. The second-order valence-electron chi connectivity index (χ2n) is 6.50. The Balaban J connectivity index is 2.43. The van der Waals surface area contributed by atoms with Crippen LogP contribution < -0.4 is 5.32 Å². The van der Waals surface area contributed by atoms with Gasteiger partial charge in [0.05, 0.1) is 7.11 Å². The lowest BCUT2D eigenvalue weighted by molar-refractivity contribution is -0.145. The highest BCUT2D eigenvalue weighted by Crippen LogP contribution is 2.20. The maximum Gasteiger partial charge on any atom is 0.410 e. The minimum absolute atomic E-state index is 0.179. The van der Waals surface area contributed by atoms with Crippen molar-refractivity contribution in [2.24, 2.45) is 5.92 Å². The quantitative estimate of drug-likeness (QED) is 0.794. The van der Waals surface area contributed by atoms with Gasteiger partial charge in [-0.3, -0.25) is 4.79 Å². The van der Waals surface area contributed by atoms with Crippen molar-refractivity contribution in [3.63, 3.8) is 0 Å². The van der Waals surface area contributed by atoms with Crippen LogP contribution in [-0.4, -0.2) is 54.7 Å². The summed E-state index contributed by atoms with van der Waals surface area (Å²) in [7, 11) is 1.28.